The van der Waals surface area contributed by atoms with Crippen molar-refractivity contribution < 1.29 is 4.74 Å². The number of hydrogen-bond acceptors (Lipinski definition) is 3. The Balaban J connectivity index is 2.34. The van der Waals surface area contributed by atoms with Crippen molar-refractivity contribution in [3.8, 4) is 0 Å². The lowest BCUT2D eigenvalue weighted by atomic mass is 9.83. The van der Waals surface area contributed by atoms with Crippen LogP contribution in [0.25, 0.3) is 0 Å². The van der Waals surface area contributed by atoms with Crippen LogP contribution in [0.4, 0.5) is 0 Å². The fourth-order valence-electron chi connectivity index (χ4n) is 2.68. The van der Waals surface area contributed by atoms with Crippen molar-refractivity contribution in [3.05, 3.63) is 0 Å². The molecule has 1 rings (SSSR count). The van der Waals surface area contributed by atoms with Crippen molar-refractivity contribution in [1.29, 1.82) is 0 Å². The fraction of sp³-hybridized carbons (Fsp3) is 1.00. The maximum Gasteiger partial charge on any atom is 0.0553 e. The van der Waals surface area contributed by atoms with Crippen LogP contribution in [0.1, 0.15) is 39.0 Å². The van der Waals surface area contributed by atoms with E-state index in [-0.39, 0.29) is 0 Å². The molecule has 3 atom stereocenters. The Hall–Kier alpha value is 0.270. The van der Waals surface area contributed by atoms with Crippen molar-refractivity contribution in [2.45, 2.75) is 50.3 Å². The highest BCUT2D eigenvalue weighted by Crippen LogP contribution is 2.34. The highest BCUT2D eigenvalue weighted by Gasteiger charge is 2.29. The predicted molar refractivity (Wildman–Crippen MR) is 73.2 cm³/mol. The molecule has 0 heterocycles. The van der Waals surface area contributed by atoms with Crippen molar-refractivity contribution in [2.75, 3.05) is 26.5 Å². The maximum absolute atomic E-state index is 5.13. The van der Waals surface area contributed by atoms with Crippen LogP contribution in [-0.2, 0) is 4.74 Å². The molecule has 0 spiro atoms. The van der Waals surface area contributed by atoms with E-state index in [0.29, 0.717) is 0 Å². The van der Waals surface area contributed by atoms with Gasteiger partial charge in [-0.05, 0) is 32.2 Å². The van der Waals surface area contributed by atoms with Gasteiger partial charge in [-0.25, -0.2) is 0 Å². The van der Waals surface area contributed by atoms with Gasteiger partial charge in [0.2, 0.25) is 0 Å². The SMILES string of the molecule is CCCC1CCC(NC)C(SCCOC)C1. The molecule has 3 heteroatoms. The summed E-state index contributed by atoms with van der Waals surface area (Å²) in [6, 6.07) is 0.718. The lowest BCUT2D eigenvalue weighted by Crippen LogP contribution is -2.41. The topological polar surface area (TPSA) is 21.3 Å². The molecule has 0 aliphatic heterocycles. The van der Waals surface area contributed by atoms with Crippen molar-refractivity contribution in [3.63, 3.8) is 0 Å². The number of thioether (sulfide) groups is 1. The van der Waals surface area contributed by atoms with Crippen LogP contribution in [0.5, 0.6) is 0 Å². The van der Waals surface area contributed by atoms with Gasteiger partial charge in [0, 0.05) is 24.2 Å². The number of rotatable bonds is 7. The summed E-state index contributed by atoms with van der Waals surface area (Å²) in [6.07, 6.45) is 6.92. The second kappa shape index (κ2) is 8.37. The van der Waals surface area contributed by atoms with Gasteiger partial charge in [0.15, 0.2) is 0 Å². The molecule has 96 valence electrons. The van der Waals surface area contributed by atoms with Gasteiger partial charge in [0.05, 0.1) is 6.61 Å². The minimum Gasteiger partial charge on any atom is -0.384 e. The average molecular weight is 245 g/mol. The highest BCUT2D eigenvalue weighted by molar-refractivity contribution is 7.99. The van der Waals surface area contributed by atoms with E-state index in [9.17, 15) is 0 Å². The molecule has 0 bridgehead atoms. The summed E-state index contributed by atoms with van der Waals surface area (Å²) in [7, 11) is 3.89. The van der Waals surface area contributed by atoms with Gasteiger partial charge < -0.3 is 10.1 Å². The smallest absolute Gasteiger partial charge is 0.0553 e. The van der Waals surface area contributed by atoms with E-state index >= 15 is 0 Å². The molecule has 3 unspecified atom stereocenters. The molecule has 2 nitrogen and oxygen atoms in total. The Morgan fingerprint density at radius 1 is 1.38 bits per heavy atom. The molecule has 16 heavy (non-hydrogen) atoms. The second-order valence-electron chi connectivity index (χ2n) is 4.76. The first-order valence-corrected chi connectivity index (χ1v) is 7.64. The number of hydrogen-bond donors (Lipinski definition) is 1. The summed E-state index contributed by atoms with van der Waals surface area (Å²) in [6.45, 7) is 3.19. The molecule has 0 radical (unpaired) electrons. The van der Waals surface area contributed by atoms with Crippen molar-refractivity contribution in [1.82, 2.24) is 5.32 Å². The van der Waals surface area contributed by atoms with E-state index in [4.69, 9.17) is 4.74 Å². The zero-order valence-electron chi connectivity index (χ0n) is 11.0. The van der Waals surface area contributed by atoms with E-state index in [1.165, 1.54) is 32.1 Å². The third-order valence-electron chi connectivity index (χ3n) is 3.59. The fourth-order valence-corrected chi connectivity index (χ4v) is 4.16. The van der Waals surface area contributed by atoms with Crippen molar-refractivity contribution in [2.24, 2.45) is 5.92 Å². The van der Waals surface area contributed by atoms with Crippen LogP contribution in [0.15, 0.2) is 0 Å². The summed E-state index contributed by atoms with van der Waals surface area (Å²) in [5.74, 6) is 2.10. The minimum atomic E-state index is 0.718. The molecule has 0 saturated heterocycles. The second-order valence-corrected chi connectivity index (χ2v) is 6.11. The van der Waals surface area contributed by atoms with E-state index < -0.39 is 0 Å². The van der Waals surface area contributed by atoms with Crippen LogP contribution in [-0.4, -0.2) is 37.8 Å². The van der Waals surface area contributed by atoms with E-state index in [0.717, 1.165) is 29.6 Å². The Bertz CT molecular complexity index is 177. The number of ether oxygens (including phenoxy) is 1. The Morgan fingerprint density at radius 2 is 2.19 bits per heavy atom. The van der Waals surface area contributed by atoms with Gasteiger partial charge in [-0.3, -0.25) is 0 Å². The molecule has 0 aromatic carbocycles. The standard InChI is InChI=1S/C13H27NOS/c1-4-5-11-6-7-12(14-2)13(10-11)16-9-8-15-3/h11-14H,4-10H2,1-3H3. The van der Waals surface area contributed by atoms with Gasteiger partial charge in [-0.1, -0.05) is 19.8 Å². The molecule has 1 saturated carbocycles. The largest absolute Gasteiger partial charge is 0.384 e. The van der Waals surface area contributed by atoms with Crippen LogP contribution >= 0.6 is 11.8 Å². The third-order valence-corrected chi connectivity index (χ3v) is 4.94. The molecular weight excluding hydrogens is 218 g/mol. The van der Waals surface area contributed by atoms with Crippen molar-refractivity contribution >= 4 is 11.8 Å². The first-order valence-electron chi connectivity index (χ1n) is 6.59. The van der Waals surface area contributed by atoms with Gasteiger partial charge in [-0.15, -0.1) is 0 Å². The normalized spacial score (nSPS) is 30.6. The zero-order valence-corrected chi connectivity index (χ0v) is 11.8. The molecule has 1 N–H and O–H groups in total. The van der Waals surface area contributed by atoms with Crippen LogP contribution < -0.4 is 5.32 Å². The zero-order chi connectivity index (χ0) is 11.8. The highest BCUT2D eigenvalue weighted by atomic mass is 32.2. The summed E-state index contributed by atoms with van der Waals surface area (Å²) < 4.78 is 5.13. The van der Waals surface area contributed by atoms with E-state index in [2.05, 4.69) is 31.1 Å². The number of methoxy groups -OCH3 is 1. The minimum absolute atomic E-state index is 0.718. The molecule has 1 fully saturated rings. The lowest BCUT2D eigenvalue weighted by molar-refractivity contribution is 0.218. The maximum atomic E-state index is 5.13. The first-order chi connectivity index (χ1) is 7.81. The van der Waals surface area contributed by atoms with Crippen LogP contribution in [0.2, 0.25) is 0 Å². The van der Waals surface area contributed by atoms with E-state index in [1.807, 2.05) is 0 Å². The summed E-state index contributed by atoms with van der Waals surface area (Å²) in [4.78, 5) is 0. The first kappa shape index (κ1) is 14.3. The Morgan fingerprint density at radius 3 is 2.81 bits per heavy atom. The molecule has 0 aromatic heterocycles. The van der Waals surface area contributed by atoms with Gasteiger partial charge in [0.25, 0.3) is 0 Å². The number of nitrogens with one attached hydrogen (secondary N) is 1. The van der Waals surface area contributed by atoms with Gasteiger partial charge in [-0.2, -0.15) is 11.8 Å². The molecule has 0 aromatic rings. The van der Waals surface area contributed by atoms with Gasteiger partial charge >= 0.3 is 0 Å². The Kier molecular flexibility index (Phi) is 7.50. The van der Waals surface area contributed by atoms with Gasteiger partial charge in [0.1, 0.15) is 0 Å². The van der Waals surface area contributed by atoms with E-state index in [1.54, 1.807) is 7.11 Å². The molecule has 1 aliphatic rings. The predicted octanol–water partition coefficient (Wildman–Crippen LogP) is 2.92. The third kappa shape index (κ3) is 4.64. The summed E-state index contributed by atoms with van der Waals surface area (Å²) in [5, 5.41) is 4.28. The molecule has 1 aliphatic carbocycles. The van der Waals surface area contributed by atoms with Crippen LogP contribution in [0, 0.1) is 5.92 Å². The monoisotopic (exact) mass is 245 g/mol. The van der Waals surface area contributed by atoms with Crippen LogP contribution in [0.3, 0.4) is 0 Å². The summed E-state index contributed by atoms with van der Waals surface area (Å²) in [5.41, 5.74) is 0. The molecular formula is C13H27NOS. The summed E-state index contributed by atoms with van der Waals surface area (Å²) >= 11 is 2.10. The quantitative estimate of drug-likeness (QED) is 0.697. The average Bonchev–Trinajstić information content (AvgIpc) is 2.30. The molecule has 0 amide bonds. The lowest BCUT2D eigenvalue weighted by Gasteiger charge is -2.35. The Labute approximate surface area is 105 Å².